The van der Waals surface area contributed by atoms with E-state index in [2.05, 4.69) is 15.4 Å². The highest BCUT2D eigenvalue weighted by atomic mass is 16.5. The Kier molecular flexibility index (Phi) is 7.80. The van der Waals surface area contributed by atoms with Crippen molar-refractivity contribution in [3.63, 3.8) is 0 Å². The van der Waals surface area contributed by atoms with E-state index in [1.54, 1.807) is 13.2 Å². The monoisotopic (exact) mass is 270 g/mol. The number of ether oxygens (including phenoxy) is 3. The van der Waals surface area contributed by atoms with E-state index in [1.807, 2.05) is 6.92 Å². The van der Waals surface area contributed by atoms with Crippen LogP contribution in [0, 0.1) is 0 Å². The lowest BCUT2D eigenvalue weighted by atomic mass is 10.4. The molecule has 0 bridgehead atoms. The summed E-state index contributed by atoms with van der Waals surface area (Å²) in [6.45, 7) is 4.30. The van der Waals surface area contributed by atoms with Gasteiger partial charge in [0.2, 0.25) is 5.88 Å². The van der Waals surface area contributed by atoms with Crippen molar-refractivity contribution >= 4 is 5.82 Å². The first-order valence-corrected chi connectivity index (χ1v) is 6.34. The fraction of sp³-hybridized carbons (Fsp3) is 0.667. The van der Waals surface area contributed by atoms with Gasteiger partial charge in [-0.2, -0.15) is 4.98 Å². The predicted octanol–water partition coefficient (Wildman–Crippen LogP) is 0.756. The summed E-state index contributed by atoms with van der Waals surface area (Å²) in [6.07, 6.45) is 1.60. The molecule has 0 saturated carbocycles. The van der Waals surface area contributed by atoms with Crippen molar-refractivity contribution in [2.24, 2.45) is 5.84 Å². The van der Waals surface area contributed by atoms with Crippen LogP contribution in [-0.2, 0) is 15.9 Å². The standard InChI is InChI=1S/C12H22N4O3/c1-3-10-14-11(16-13)9-12(15-10)19-8-7-18-6-4-5-17-2/h9H,3-8,13H2,1-2H3,(H,14,15,16). The zero-order chi connectivity index (χ0) is 13.9. The molecule has 0 radical (unpaired) electrons. The molecule has 0 amide bonds. The number of hydrogen-bond acceptors (Lipinski definition) is 7. The number of aryl methyl sites for hydroxylation is 1. The summed E-state index contributed by atoms with van der Waals surface area (Å²) in [6, 6.07) is 1.66. The lowest BCUT2D eigenvalue weighted by Gasteiger charge is -2.09. The second-order valence-electron chi connectivity index (χ2n) is 3.81. The van der Waals surface area contributed by atoms with Gasteiger partial charge in [-0.3, -0.25) is 0 Å². The van der Waals surface area contributed by atoms with Crippen molar-refractivity contribution in [2.75, 3.05) is 39.0 Å². The Morgan fingerprint density at radius 3 is 2.74 bits per heavy atom. The third kappa shape index (κ3) is 6.32. The summed E-state index contributed by atoms with van der Waals surface area (Å²) in [5.41, 5.74) is 2.49. The van der Waals surface area contributed by atoms with E-state index in [0.717, 1.165) is 12.8 Å². The molecule has 108 valence electrons. The molecule has 0 spiro atoms. The number of hydrazine groups is 1. The molecule has 7 nitrogen and oxygen atoms in total. The number of nitrogens with two attached hydrogens (primary N) is 1. The smallest absolute Gasteiger partial charge is 0.218 e. The minimum Gasteiger partial charge on any atom is -0.475 e. The molecule has 1 aromatic heterocycles. The van der Waals surface area contributed by atoms with Crippen LogP contribution in [0.3, 0.4) is 0 Å². The Labute approximate surface area is 113 Å². The first-order valence-electron chi connectivity index (χ1n) is 6.34. The Hall–Kier alpha value is -1.44. The third-order valence-corrected chi connectivity index (χ3v) is 2.33. The van der Waals surface area contributed by atoms with Gasteiger partial charge in [0.25, 0.3) is 0 Å². The van der Waals surface area contributed by atoms with Crippen LogP contribution in [0.15, 0.2) is 6.07 Å². The Bertz CT molecular complexity index is 341. The molecular weight excluding hydrogens is 248 g/mol. The largest absolute Gasteiger partial charge is 0.475 e. The Morgan fingerprint density at radius 2 is 2.05 bits per heavy atom. The van der Waals surface area contributed by atoms with E-state index >= 15 is 0 Å². The zero-order valence-corrected chi connectivity index (χ0v) is 11.5. The van der Waals surface area contributed by atoms with Crippen LogP contribution in [0.4, 0.5) is 5.82 Å². The van der Waals surface area contributed by atoms with Gasteiger partial charge >= 0.3 is 0 Å². The zero-order valence-electron chi connectivity index (χ0n) is 11.5. The van der Waals surface area contributed by atoms with Crippen LogP contribution < -0.4 is 16.0 Å². The summed E-state index contributed by atoms with van der Waals surface area (Å²) < 4.78 is 15.8. The quantitative estimate of drug-likeness (QED) is 0.368. The van der Waals surface area contributed by atoms with Gasteiger partial charge in [-0.25, -0.2) is 10.8 Å². The molecule has 0 aliphatic heterocycles. The number of hydrogen-bond donors (Lipinski definition) is 2. The fourth-order valence-corrected chi connectivity index (χ4v) is 1.39. The summed E-state index contributed by atoms with van der Waals surface area (Å²) in [5, 5.41) is 0. The molecule has 1 rings (SSSR count). The van der Waals surface area contributed by atoms with Gasteiger partial charge in [0.1, 0.15) is 18.2 Å². The lowest BCUT2D eigenvalue weighted by Crippen LogP contribution is -2.13. The van der Waals surface area contributed by atoms with E-state index in [0.29, 0.717) is 43.9 Å². The number of nitrogen functional groups attached to an aromatic ring is 1. The molecule has 0 fully saturated rings. The molecule has 7 heteroatoms. The molecular formula is C12H22N4O3. The Morgan fingerprint density at radius 1 is 1.21 bits per heavy atom. The third-order valence-electron chi connectivity index (χ3n) is 2.33. The molecule has 0 saturated heterocycles. The minimum atomic E-state index is 0.442. The summed E-state index contributed by atoms with van der Waals surface area (Å²) >= 11 is 0. The van der Waals surface area contributed by atoms with Crippen LogP contribution in [0.25, 0.3) is 0 Å². The average Bonchev–Trinajstić information content (AvgIpc) is 2.45. The molecule has 0 aliphatic carbocycles. The van der Waals surface area contributed by atoms with Crippen LogP contribution >= 0.6 is 0 Å². The highest BCUT2D eigenvalue weighted by Crippen LogP contribution is 2.12. The molecule has 19 heavy (non-hydrogen) atoms. The van der Waals surface area contributed by atoms with Crippen molar-refractivity contribution in [1.82, 2.24) is 9.97 Å². The maximum Gasteiger partial charge on any atom is 0.218 e. The number of anilines is 1. The van der Waals surface area contributed by atoms with Gasteiger partial charge in [0.05, 0.1) is 6.61 Å². The highest BCUT2D eigenvalue weighted by molar-refractivity contribution is 5.36. The molecule has 0 atom stereocenters. The van der Waals surface area contributed by atoms with E-state index < -0.39 is 0 Å². The molecule has 0 aliphatic rings. The second kappa shape index (κ2) is 9.48. The molecule has 0 aromatic carbocycles. The minimum absolute atomic E-state index is 0.442. The van der Waals surface area contributed by atoms with Gasteiger partial charge < -0.3 is 19.6 Å². The van der Waals surface area contributed by atoms with Gasteiger partial charge in [-0.15, -0.1) is 0 Å². The first-order chi connectivity index (χ1) is 9.30. The average molecular weight is 270 g/mol. The lowest BCUT2D eigenvalue weighted by molar-refractivity contribution is 0.0795. The summed E-state index contributed by atoms with van der Waals surface area (Å²) in [7, 11) is 1.67. The van der Waals surface area contributed by atoms with Crippen molar-refractivity contribution in [1.29, 1.82) is 0 Å². The summed E-state index contributed by atoms with van der Waals surface area (Å²) in [5.74, 6) is 7.06. The summed E-state index contributed by atoms with van der Waals surface area (Å²) in [4.78, 5) is 8.42. The van der Waals surface area contributed by atoms with E-state index in [1.165, 1.54) is 0 Å². The van der Waals surface area contributed by atoms with Crippen molar-refractivity contribution in [3.05, 3.63) is 11.9 Å². The number of aromatic nitrogens is 2. The van der Waals surface area contributed by atoms with Gasteiger partial charge in [0, 0.05) is 32.8 Å². The first kappa shape index (κ1) is 15.6. The number of rotatable bonds is 10. The fourth-order valence-electron chi connectivity index (χ4n) is 1.39. The van der Waals surface area contributed by atoms with Gasteiger partial charge in [-0.05, 0) is 6.42 Å². The van der Waals surface area contributed by atoms with E-state index in [-0.39, 0.29) is 0 Å². The number of methoxy groups -OCH3 is 1. The topological polar surface area (TPSA) is 91.5 Å². The number of nitrogens with one attached hydrogen (secondary N) is 1. The SMILES string of the molecule is CCc1nc(NN)cc(OCCOCCCOC)n1. The molecule has 3 N–H and O–H groups in total. The maximum atomic E-state index is 5.49. The van der Waals surface area contributed by atoms with Crippen LogP contribution in [-0.4, -0.2) is 43.5 Å². The predicted molar refractivity (Wildman–Crippen MR) is 72.0 cm³/mol. The van der Waals surface area contributed by atoms with Crippen LogP contribution in [0.5, 0.6) is 5.88 Å². The van der Waals surface area contributed by atoms with Gasteiger partial charge in [0.15, 0.2) is 0 Å². The van der Waals surface area contributed by atoms with E-state index in [4.69, 9.17) is 20.1 Å². The molecule has 1 aromatic rings. The normalized spacial score (nSPS) is 10.5. The van der Waals surface area contributed by atoms with Crippen LogP contribution in [0.1, 0.15) is 19.2 Å². The van der Waals surface area contributed by atoms with Crippen LogP contribution in [0.2, 0.25) is 0 Å². The maximum absolute atomic E-state index is 5.49. The van der Waals surface area contributed by atoms with Gasteiger partial charge in [-0.1, -0.05) is 6.92 Å². The second-order valence-corrected chi connectivity index (χ2v) is 3.81. The van der Waals surface area contributed by atoms with Crippen molar-refractivity contribution < 1.29 is 14.2 Å². The molecule has 1 heterocycles. The van der Waals surface area contributed by atoms with E-state index in [9.17, 15) is 0 Å². The van der Waals surface area contributed by atoms with Crippen molar-refractivity contribution in [3.8, 4) is 5.88 Å². The highest BCUT2D eigenvalue weighted by Gasteiger charge is 2.03. The van der Waals surface area contributed by atoms with Crippen molar-refractivity contribution in [2.45, 2.75) is 19.8 Å². The molecule has 0 unspecified atom stereocenters. The Balaban J connectivity index is 2.28. The number of nitrogens with zero attached hydrogens (tertiary/aromatic N) is 2.